The Bertz CT molecular complexity index is 510. The van der Waals surface area contributed by atoms with Crippen LogP contribution in [0.4, 0.5) is 4.39 Å². The molecule has 0 bridgehead atoms. The molecular weight excluding hydrogens is 323 g/mol. The molecule has 23 heavy (non-hydrogen) atoms. The minimum Gasteiger partial charge on any atom is -0.486 e. The Morgan fingerprint density at radius 2 is 2.09 bits per heavy atom. The van der Waals surface area contributed by atoms with E-state index in [9.17, 15) is 9.18 Å². The first-order chi connectivity index (χ1) is 10.6. The second-order valence-corrected chi connectivity index (χ2v) is 5.67. The number of rotatable bonds is 6. The fourth-order valence-corrected chi connectivity index (χ4v) is 2.51. The first-order valence-corrected chi connectivity index (χ1v) is 7.55. The zero-order valence-electron chi connectivity index (χ0n) is 13.2. The van der Waals surface area contributed by atoms with Gasteiger partial charge in [0.1, 0.15) is 6.10 Å². The Morgan fingerprint density at radius 1 is 1.43 bits per heavy atom. The van der Waals surface area contributed by atoms with Crippen LogP contribution in [0.2, 0.25) is 0 Å². The van der Waals surface area contributed by atoms with E-state index in [0.29, 0.717) is 39.1 Å². The zero-order valence-corrected chi connectivity index (χ0v) is 14.0. The molecule has 1 atom stereocenters. The van der Waals surface area contributed by atoms with Gasteiger partial charge in [-0.2, -0.15) is 0 Å². The summed E-state index contributed by atoms with van der Waals surface area (Å²) in [4.78, 5) is 12.4. The van der Waals surface area contributed by atoms with E-state index in [-0.39, 0.29) is 30.2 Å². The summed E-state index contributed by atoms with van der Waals surface area (Å²) in [5, 5.41) is 2.86. The van der Waals surface area contributed by atoms with Crippen LogP contribution in [0.5, 0.6) is 5.75 Å². The van der Waals surface area contributed by atoms with Gasteiger partial charge in [0.2, 0.25) is 5.91 Å². The molecule has 3 N–H and O–H groups in total. The lowest BCUT2D eigenvalue weighted by molar-refractivity contribution is -0.136. The van der Waals surface area contributed by atoms with Crippen molar-refractivity contribution in [3.05, 3.63) is 30.1 Å². The fourth-order valence-electron chi connectivity index (χ4n) is 2.51. The van der Waals surface area contributed by atoms with Crippen LogP contribution in [0, 0.1) is 11.2 Å². The summed E-state index contributed by atoms with van der Waals surface area (Å²) in [5.74, 6) is -0.310. The first-order valence-electron chi connectivity index (χ1n) is 7.55. The van der Waals surface area contributed by atoms with Crippen LogP contribution >= 0.6 is 12.4 Å². The second-order valence-electron chi connectivity index (χ2n) is 5.67. The van der Waals surface area contributed by atoms with Gasteiger partial charge in [-0.1, -0.05) is 12.1 Å². The van der Waals surface area contributed by atoms with Gasteiger partial charge in [-0.15, -0.1) is 12.4 Å². The number of carbonyl (C=O) groups is 1. The van der Waals surface area contributed by atoms with Crippen LogP contribution < -0.4 is 15.8 Å². The normalized spacial score (nSPS) is 17.7. The van der Waals surface area contributed by atoms with Crippen molar-refractivity contribution < 1.29 is 18.7 Å². The summed E-state index contributed by atoms with van der Waals surface area (Å²) >= 11 is 0. The van der Waals surface area contributed by atoms with Crippen molar-refractivity contribution in [3.63, 3.8) is 0 Å². The highest BCUT2D eigenvalue weighted by atomic mass is 35.5. The number of hydrogen-bond donors (Lipinski definition) is 2. The van der Waals surface area contributed by atoms with E-state index in [1.54, 1.807) is 25.1 Å². The Hall–Kier alpha value is -1.37. The third-order valence-corrected chi connectivity index (χ3v) is 4.04. The third kappa shape index (κ3) is 5.06. The smallest absolute Gasteiger partial charge is 0.227 e. The maximum Gasteiger partial charge on any atom is 0.227 e. The SMILES string of the molecule is CC(CNC(=O)C1(CN)CCOCC1)Oc1ccccc1F.Cl. The summed E-state index contributed by atoms with van der Waals surface area (Å²) in [5.41, 5.74) is 5.23. The van der Waals surface area contributed by atoms with E-state index in [0.717, 1.165) is 0 Å². The zero-order chi connectivity index (χ0) is 16.0. The van der Waals surface area contributed by atoms with Gasteiger partial charge in [0.25, 0.3) is 0 Å². The van der Waals surface area contributed by atoms with Crippen molar-refractivity contribution in [2.24, 2.45) is 11.1 Å². The van der Waals surface area contributed by atoms with Crippen molar-refractivity contribution in [2.45, 2.75) is 25.9 Å². The van der Waals surface area contributed by atoms with Gasteiger partial charge in [-0.3, -0.25) is 4.79 Å². The minimum absolute atomic E-state index is 0. The lowest BCUT2D eigenvalue weighted by Gasteiger charge is -2.34. The molecule has 0 saturated carbocycles. The molecule has 1 aliphatic heterocycles. The number of carbonyl (C=O) groups excluding carboxylic acids is 1. The standard InChI is InChI=1S/C16H23FN2O3.ClH/c1-12(22-14-5-3-2-4-13(14)17)10-19-15(20)16(11-18)6-8-21-9-7-16;/h2-5,12H,6-11,18H2,1H3,(H,19,20);1H. The van der Waals surface area contributed by atoms with E-state index in [2.05, 4.69) is 5.32 Å². The first kappa shape index (κ1) is 19.7. The maximum atomic E-state index is 13.5. The number of hydrogen-bond acceptors (Lipinski definition) is 4. The quantitative estimate of drug-likeness (QED) is 0.825. The van der Waals surface area contributed by atoms with Gasteiger partial charge in [0.05, 0.1) is 12.0 Å². The third-order valence-electron chi connectivity index (χ3n) is 4.04. The fraction of sp³-hybridized carbons (Fsp3) is 0.562. The van der Waals surface area contributed by atoms with Crippen molar-refractivity contribution in [1.82, 2.24) is 5.32 Å². The van der Waals surface area contributed by atoms with Gasteiger partial charge in [0, 0.05) is 19.8 Å². The average Bonchev–Trinajstić information content (AvgIpc) is 2.55. The van der Waals surface area contributed by atoms with Crippen LogP contribution in [-0.2, 0) is 9.53 Å². The molecule has 2 rings (SSSR count). The molecular formula is C16H24ClFN2O3. The highest BCUT2D eigenvalue weighted by molar-refractivity contribution is 5.85. The molecule has 0 radical (unpaired) electrons. The molecule has 130 valence electrons. The average molecular weight is 347 g/mol. The molecule has 7 heteroatoms. The molecule has 1 aromatic carbocycles. The molecule has 0 spiro atoms. The molecule has 0 aliphatic carbocycles. The van der Waals surface area contributed by atoms with Gasteiger partial charge in [-0.25, -0.2) is 4.39 Å². The maximum absolute atomic E-state index is 13.5. The van der Waals surface area contributed by atoms with E-state index in [1.165, 1.54) is 6.07 Å². The molecule has 1 saturated heterocycles. The summed E-state index contributed by atoms with van der Waals surface area (Å²) < 4.78 is 24.3. The summed E-state index contributed by atoms with van der Waals surface area (Å²) in [6.45, 7) is 3.48. The predicted octanol–water partition coefficient (Wildman–Crippen LogP) is 1.89. The topological polar surface area (TPSA) is 73.6 Å². The molecule has 1 aromatic rings. The minimum atomic E-state index is -0.560. The summed E-state index contributed by atoms with van der Waals surface area (Å²) in [7, 11) is 0. The second kappa shape index (κ2) is 9.05. The monoisotopic (exact) mass is 346 g/mol. The number of benzene rings is 1. The number of ether oxygens (including phenoxy) is 2. The van der Waals surface area contributed by atoms with Crippen molar-refractivity contribution in [1.29, 1.82) is 0 Å². The molecule has 1 aliphatic rings. The van der Waals surface area contributed by atoms with Crippen LogP contribution in [0.25, 0.3) is 0 Å². The van der Waals surface area contributed by atoms with Crippen molar-refractivity contribution >= 4 is 18.3 Å². The van der Waals surface area contributed by atoms with Crippen molar-refractivity contribution in [2.75, 3.05) is 26.3 Å². The predicted molar refractivity (Wildman–Crippen MR) is 88.3 cm³/mol. The molecule has 5 nitrogen and oxygen atoms in total. The largest absolute Gasteiger partial charge is 0.486 e. The Balaban J connectivity index is 0.00000264. The Labute approximate surface area is 142 Å². The molecule has 1 heterocycles. The number of nitrogens with one attached hydrogen (secondary N) is 1. The summed E-state index contributed by atoms with van der Waals surface area (Å²) in [6, 6.07) is 6.21. The van der Waals surface area contributed by atoms with Crippen LogP contribution in [0.1, 0.15) is 19.8 Å². The summed E-state index contributed by atoms with van der Waals surface area (Å²) in [6.07, 6.45) is 0.908. The van der Waals surface area contributed by atoms with Gasteiger partial charge >= 0.3 is 0 Å². The van der Waals surface area contributed by atoms with E-state index >= 15 is 0 Å². The number of para-hydroxylation sites is 1. The molecule has 1 fully saturated rings. The Kier molecular flexibility index (Phi) is 7.75. The molecule has 0 aromatic heterocycles. The van der Waals surface area contributed by atoms with Gasteiger partial charge < -0.3 is 20.5 Å². The number of amides is 1. The molecule has 1 amide bonds. The van der Waals surface area contributed by atoms with E-state index in [4.69, 9.17) is 15.2 Å². The lowest BCUT2D eigenvalue weighted by atomic mass is 9.79. The van der Waals surface area contributed by atoms with E-state index in [1.807, 2.05) is 0 Å². The van der Waals surface area contributed by atoms with E-state index < -0.39 is 11.2 Å². The number of nitrogens with two attached hydrogens (primary N) is 1. The number of halogens is 2. The molecule has 1 unspecified atom stereocenters. The van der Waals surface area contributed by atoms with Gasteiger partial charge in [0.15, 0.2) is 11.6 Å². The van der Waals surface area contributed by atoms with Gasteiger partial charge in [-0.05, 0) is 31.9 Å². The van der Waals surface area contributed by atoms with Crippen LogP contribution in [0.3, 0.4) is 0 Å². The lowest BCUT2D eigenvalue weighted by Crippen LogP contribution is -2.50. The van der Waals surface area contributed by atoms with Crippen LogP contribution in [-0.4, -0.2) is 38.3 Å². The van der Waals surface area contributed by atoms with Crippen molar-refractivity contribution in [3.8, 4) is 5.75 Å². The highest BCUT2D eigenvalue weighted by Gasteiger charge is 2.38. The highest BCUT2D eigenvalue weighted by Crippen LogP contribution is 2.29. The Morgan fingerprint density at radius 3 is 2.70 bits per heavy atom. The van der Waals surface area contributed by atoms with Crippen LogP contribution in [0.15, 0.2) is 24.3 Å².